The number of carbonyl (C=O) groups is 1. The van der Waals surface area contributed by atoms with Gasteiger partial charge in [-0.1, -0.05) is 18.2 Å². The number of fused-ring (bicyclic) bond motifs is 2. The summed E-state index contributed by atoms with van der Waals surface area (Å²) >= 11 is 3.99. The summed E-state index contributed by atoms with van der Waals surface area (Å²) < 4.78 is 1.11. The molecule has 2 aromatic carbocycles. The fourth-order valence-corrected chi connectivity index (χ4v) is 3.51. The first kappa shape index (κ1) is 11.3. The molecule has 0 spiro atoms. The van der Waals surface area contributed by atoms with Crippen LogP contribution in [0.1, 0.15) is 21.5 Å². The summed E-state index contributed by atoms with van der Waals surface area (Å²) in [6, 6.07) is 14.0. The predicted octanol–water partition coefficient (Wildman–Crippen LogP) is 4.13. The van der Waals surface area contributed by atoms with E-state index in [0.717, 1.165) is 30.9 Å². The Morgan fingerprint density at radius 3 is 2.76 bits per heavy atom. The average molecular weight is 352 g/mol. The number of halogens is 1. The Morgan fingerprint density at radius 1 is 1.06 bits per heavy atom. The summed E-state index contributed by atoms with van der Waals surface area (Å²) in [4.78, 5) is 13.6. The Balaban J connectivity index is 2.22. The van der Waals surface area contributed by atoms with E-state index in [1.165, 1.54) is 0 Å². The van der Waals surface area contributed by atoms with Gasteiger partial charge in [0.2, 0.25) is 0 Å². The molecular weight excluding hydrogens is 343 g/mol. The first-order valence-corrected chi connectivity index (χ1v) is 7.37. The van der Waals surface area contributed by atoms with Crippen molar-refractivity contribution in [3.05, 3.63) is 62.7 Å². The number of hydrogen-bond donors (Lipinski definition) is 0. The van der Waals surface area contributed by atoms with E-state index in [2.05, 4.69) is 34.7 Å². The van der Waals surface area contributed by atoms with Crippen molar-refractivity contribution in [3.63, 3.8) is 0 Å². The minimum absolute atomic E-state index is 0.152. The molecule has 17 heavy (non-hydrogen) atoms. The van der Waals surface area contributed by atoms with E-state index in [1.54, 1.807) is 11.8 Å². The fourth-order valence-electron chi connectivity index (χ4n) is 1.97. The van der Waals surface area contributed by atoms with E-state index in [9.17, 15) is 4.79 Å². The number of thioether (sulfide) groups is 1. The molecule has 0 fully saturated rings. The van der Waals surface area contributed by atoms with Crippen LogP contribution in [0.3, 0.4) is 0 Å². The maximum absolute atomic E-state index is 12.5. The van der Waals surface area contributed by atoms with Gasteiger partial charge in [-0.05, 0) is 52.4 Å². The molecule has 3 heteroatoms. The highest BCUT2D eigenvalue weighted by molar-refractivity contribution is 14.1. The number of benzene rings is 2. The second kappa shape index (κ2) is 4.46. The molecule has 0 atom stereocenters. The van der Waals surface area contributed by atoms with Crippen molar-refractivity contribution in [1.29, 1.82) is 0 Å². The first-order valence-electron chi connectivity index (χ1n) is 5.30. The molecule has 0 aliphatic carbocycles. The third-order valence-corrected chi connectivity index (χ3v) is 4.62. The van der Waals surface area contributed by atoms with Gasteiger partial charge in [0.15, 0.2) is 5.78 Å². The van der Waals surface area contributed by atoms with Crippen molar-refractivity contribution in [2.24, 2.45) is 0 Å². The van der Waals surface area contributed by atoms with Crippen LogP contribution in [0.25, 0.3) is 0 Å². The first-order chi connectivity index (χ1) is 8.25. The highest BCUT2D eigenvalue weighted by Crippen LogP contribution is 2.33. The summed E-state index contributed by atoms with van der Waals surface area (Å²) in [5.74, 6) is 1.02. The van der Waals surface area contributed by atoms with Crippen LogP contribution < -0.4 is 0 Å². The minimum atomic E-state index is 0.152. The highest BCUT2D eigenvalue weighted by atomic mass is 127. The normalized spacial score (nSPS) is 13.8. The summed E-state index contributed by atoms with van der Waals surface area (Å²) in [6.45, 7) is 0. The quantitative estimate of drug-likeness (QED) is 0.664. The molecule has 1 heterocycles. The molecule has 1 aliphatic rings. The monoisotopic (exact) mass is 352 g/mol. The van der Waals surface area contributed by atoms with Gasteiger partial charge in [0.1, 0.15) is 0 Å². The molecule has 3 rings (SSSR count). The zero-order valence-electron chi connectivity index (χ0n) is 8.94. The number of hydrogen-bond acceptors (Lipinski definition) is 2. The van der Waals surface area contributed by atoms with Crippen LogP contribution >= 0.6 is 34.4 Å². The maximum atomic E-state index is 12.5. The van der Waals surface area contributed by atoms with Crippen LogP contribution in [0.5, 0.6) is 0 Å². The van der Waals surface area contributed by atoms with Gasteiger partial charge in [0.05, 0.1) is 0 Å². The number of carbonyl (C=O) groups excluding carboxylic acids is 1. The summed E-state index contributed by atoms with van der Waals surface area (Å²) in [7, 11) is 0. The number of rotatable bonds is 0. The third kappa shape index (κ3) is 2.02. The Labute approximate surface area is 118 Å². The lowest BCUT2D eigenvalue weighted by Crippen LogP contribution is -2.03. The highest BCUT2D eigenvalue weighted by Gasteiger charge is 2.21. The van der Waals surface area contributed by atoms with Gasteiger partial charge in [-0.3, -0.25) is 4.79 Å². The van der Waals surface area contributed by atoms with Crippen molar-refractivity contribution in [2.75, 3.05) is 0 Å². The molecule has 2 aromatic rings. The van der Waals surface area contributed by atoms with Gasteiger partial charge in [-0.15, -0.1) is 11.8 Å². The van der Waals surface area contributed by atoms with E-state index in [4.69, 9.17) is 0 Å². The molecule has 0 aromatic heterocycles. The van der Waals surface area contributed by atoms with Crippen molar-refractivity contribution in [2.45, 2.75) is 10.6 Å². The van der Waals surface area contributed by atoms with Gasteiger partial charge in [0, 0.05) is 25.3 Å². The molecule has 1 aliphatic heterocycles. The molecule has 1 nitrogen and oxygen atoms in total. The third-order valence-electron chi connectivity index (χ3n) is 2.83. The molecule has 84 valence electrons. The Hall–Kier alpha value is -0.810. The maximum Gasteiger partial charge on any atom is 0.194 e. The molecule has 0 saturated carbocycles. The molecule has 0 radical (unpaired) electrons. The molecular formula is C14H9IOS. The van der Waals surface area contributed by atoms with E-state index >= 15 is 0 Å². The van der Waals surface area contributed by atoms with Crippen molar-refractivity contribution in [1.82, 2.24) is 0 Å². The van der Waals surface area contributed by atoms with Crippen LogP contribution in [0, 0.1) is 3.57 Å². The van der Waals surface area contributed by atoms with Crippen molar-refractivity contribution >= 4 is 40.1 Å². The van der Waals surface area contributed by atoms with Crippen molar-refractivity contribution < 1.29 is 4.79 Å². The van der Waals surface area contributed by atoms with Crippen LogP contribution in [-0.2, 0) is 5.75 Å². The van der Waals surface area contributed by atoms with Crippen LogP contribution in [0.15, 0.2) is 47.4 Å². The zero-order valence-corrected chi connectivity index (χ0v) is 11.9. The minimum Gasteiger partial charge on any atom is -0.289 e. The largest absolute Gasteiger partial charge is 0.289 e. The van der Waals surface area contributed by atoms with Crippen LogP contribution in [0.4, 0.5) is 0 Å². The van der Waals surface area contributed by atoms with E-state index in [1.807, 2.05) is 30.3 Å². The molecule has 0 N–H and O–H groups in total. The van der Waals surface area contributed by atoms with Crippen LogP contribution in [-0.4, -0.2) is 5.78 Å². The zero-order chi connectivity index (χ0) is 11.8. The summed E-state index contributed by atoms with van der Waals surface area (Å²) in [5, 5.41) is 0. The molecule has 0 unspecified atom stereocenters. The lowest BCUT2D eigenvalue weighted by Gasteiger charge is -2.04. The van der Waals surface area contributed by atoms with Gasteiger partial charge in [-0.25, -0.2) is 0 Å². The average Bonchev–Trinajstić information content (AvgIpc) is 2.49. The molecule has 0 saturated heterocycles. The van der Waals surface area contributed by atoms with Gasteiger partial charge >= 0.3 is 0 Å². The van der Waals surface area contributed by atoms with Crippen LogP contribution in [0.2, 0.25) is 0 Å². The molecule has 0 bridgehead atoms. The lowest BCUT2D eigenvalue weighted by molar-refractivity contribution is 0.103. The number of ketones is 1. The van der Waals surface area contributed by atoms with Gasteiger partial charge in [0.25, 0.3) is 0 Å². The fraction of sp³-hybridized carbons (Fsp3) is 0.0714. The SMILES string of the molecule is O=C1c2cc(I)ccc2CSc2ccccc21. The summed E-state index contributed by atoms with van der Waals surface area (Å²) in [5.41, 5.74) is 2.82. The molecule has 0 amide bonds. The van der Waals surface area contributed by atoms with Crippen molar-refractivity contribution in [3.8, 4) is 0 Å². The Bertz CT molecular complexity index is 607. The standard InChI is InChI=1S/C14H9IOS/c15-10-6-5-9-8-17-13-4-2-1-3-11(13)14(16)12(9)7-10/h1-7H,8H2. The van der Waals surface area contributed by atoms with E-state index < -0.39 is 0 Å². The van der Waals surface area contributed by atoms with Gasteiger partial charge < -0.3 is 0 Å². The second-order valence-corrected chi connectivity index (χ2v) is 6.18. The Morgan fingerprint density at radius 2 is 1.88 bits per heavy atom. The van der Waals surface area contributed by atoms with E-state index in [0.29, 0.717) is 0 Å². The second-order valence-electron chi connectivity index (χ2n) is 3.92. The predicted molar refractivity (Wildman–Crippen MR) is 78.6 cm³/mol. The smallest absolute Gasteiger partial charge is 0.194 e. The Kier molecular flexibility index (Phi) is 2.96. The summed E-state index contributed by atoms with van der Waals surface area (Å²) in [6.07, 6.45) is 0. The topological polar surface area (TPSA) is 17.1 Å². The lowest BCUT2D eigenvalue weighted by atomic mass is 9.99. The van der Waals surface area contributed by atoms with E-state index in [-0.39, 0.29) is 5.78 Å². The van der Waals surface area contributed by atoms with Gasteiger partial charge in [-0.2, -0.15) is 0 Å².